The van der Waals surface area contributed by atoms with Crippen LogP contribution in [0.25, 0.3) is 11.0 Å². The molecule has 4 rings (SSSR count). The van der Waals surface area contributed by atoms with Crippen molar-refractivity contribution in [3.05, 3.63) is 47.5 Å². The number of rotatable bonds is 5. The number of benzene rings is 2. The van der Waals surface area contributed by atoms with E-state index in [1.807, 2.05) is 4.90 Å². The molecule has 1 amide bonds. The molecule has 0 saturated carbocycles. The van der Waals surface area contributed by atoms with E-state index in [2.05, 4.69) is 15.3 Å². The number of hydrogen-bond donors (Lipinski definition) is 2. The number of anilines is 2. The van der Waals surface area contributed by atoms with E-state index >= 15 is 0 Å². The lowest BCUT2D eigenvalue weighted by Gasteiger charge is -2.31. The Hall–Kier alpha value is -2.86. The number of ether oxygens (including phenoxy) is 1. The van der Waals surface area contributed by atoms with Gasteiger partial charge in [-0.1, -0.05) is 11.8 Å². The zero-order valence-electron chi connectivity index (χ0n) is 16.4. The average molecular weight is 472 g/mol. The van der Waals surface area contributed by atoms with Crippen LogP contribution in [-0.4, -0.2) is 47.9 Å². The SMILES string of the molecule is O=C(CSc1nc2cc(F)c(F)cc2[nH]1)Nc1cc(C(F)(F)F)ccc1N1CCOCC1. The molecule has 32 heavy (non-hydrogen) atoms. The summed E-state index contributed by atoms with van der Waals surface area (Å²) in [7, 11) is 0. The number of aromatic nitrogens is 2. The summed E-state index contributed by atoms with van der Waals surface area (Å²) in [5, 5.41) is 2.79. The van der Waals surface area contributed by atoms with Crippen LogP contribution in [0.2, 0.25) is 0 Å². The van der Waals surface area contributed by atoms with Gasteiger partial charge in [0.2, 0.25) is 5.91 Å². The number of carbonyl (C=O) groups is 1. The van der Waals surface area contributed by atoms with Gasteiger partial charge in [0.1, 0.15) is 0 Å². The number of alkyl halides is 3. The van der Waals surface area contributed by atoms with Crippen LogP contribution in [0.4, 0.5) is 33.3 Å². The van der Waals surface area contributed by atoms with Gasteiger partial charge in [-0.05, 0) is 18.2 Å². The van der Waals surface area contributed by atoms with Crippen molar-refractivity contribution in [3.8, 4) is 0 Å². The molecule has 170 valence electrons. The summed E-state index contributed by atoms with van der Waals surface area (Å²) < 4.78 is 71.5. The summed E-state index contributed by atoms with van der Waals surface area (Å²) >= 11 is 0.957. The molecule has 0 bridgehead atoms. The van der Waals surface area contributed by atoms with Gasteiger partial charge in [0, 0.05) is 25.2 Å². The van der Waals surface area contributed by atoms with Gasteiger partial charge in [-0.2, -0.15) is 13.2 Å². The second-order valence-corrected chi connectivity index (χ2v) is 7.96. The number of halogens is 5. The molecule has 3 aromatic rings. The molecule has 1 aliphatic heterocycles. The summed E-state index contributed by atoms with van der Waals surface area (Å²) in [6.07, 6.45) is -4.56. The van der Waals surface area contributed by atoms with Crippen LogP contribution in [0.3, 0.4) is 0 Å². The minimum Gasteiger partial charge on any atom is -0.378 e. The lowest BCUT2D eigenvalue weighted by molar-refractivity contribution is -0.137. The number of nitrogens with one attached hydrogen (secondary N) is 2. The number of morpholine rings is 1. The highest BCUT2D eigenvalue weighted by atomic mass is 32.2. The molecule has 1 saturated heterocycles. The maximum Gasteiger partial charge on any atom is 0.416 e. The average Bonchev–Trinajstić information content (AvgIpc) is 3.14. The number of thioether (sulfide) groups is 1. The predicted octanol–water partition coefficient (Wildman–Crippen LogP) is 4.43. The van der Waals surface area contributed by atoms with E-state index in [4.69, 9.17) is 4.74 Å². The van der Waals surface area contributed by atoms with E-state index in [9.17, 15) is 26.7 Å². The molecule has 0 unspecified atom stereocenters. The first-order valence-electron chi connectivity index (χ1n) is 9.52. The number of fused-ring (bicyclic) bond motifs is 1. The first-order chi connectivity index (χ1) is 15.2. The van der Waals surface area contributed by atoms with E-state index < -0.39 is 29.3 Å². The topological polar surface area (TPSA) is 70.2 Å². The smallest absolute Gasteiger partial charge is 0.378 e. The Bertz CT molecular complexity index is 1110. The monoisotopic (exact) mass is 472 g/mol. The molecule has 0 spiro atoms. The molecular weight excluding hydrogens is 455 g/mol. The zero-order chi connectivity index (χ0) is 22.9. The number of H-pyrrole nitrogens is 1. The minimum atomic E-state index is -4.56. The largest absolute Gasteiger partial charge is 0.416 e. The fraction of sp³-hybridized carbons (Fsp3) is 0.300. The summed E-state index contributed by atoms with van der Waals surface area (Å²) in [4.78, 5) is 21.2. The lowest BCUT2D eigenvalue weighted by Crippen LogP contribution is -2.37. The molecule has 0 atom stereocenters. The van der Waals surface area contributed by atoms with Crippen molar-refractivity contribution in [2.24, 2.45) is 0 Å². The summed E-state index contributed by atoms with van der Waals surface area (Å²) in [6.45, 7) is 1.82. The number of carbonyl (C=O) groups excluding carboxylic acids is 1. The van der Waals surface area contributed by atoms with Crippen molar-refractivity contribution >= 4 is 40.1 Å². The van der Waals surface area contributed by atoms with Crippen LogP contribution in [0.15, 0.2) is 35.5 Å². The van der Waals surface area contributed by atoms with Crippen LogP contribution in [0, 0.1) is 11.6 Å². The van der Waals surface area contributed by atoms with Crippen LogP contribution >= 0.6 is 11.8 Å². The molecule has 0 aliphatic carbocycles. The molecule has 2 aromatic carbocycles. The van der Waals surface area contributed by atoms with E-state index in [-0.39, 0.29) is 27.6 Å². The molecule has 1 aliphatic rings. The molecular formula is C20H17F5N4O2S. The van der Waals surface area contributed by atoms with E-state index in [1.165, 1.54) is 6.07 Å². The minimum absolute atomic E-state index is 0.0427. The second kappa shape index (κ2) is 8.94. The van der Waals surface area contributed by atoms with Crippen LogP contribution in [0.5, 0.6) is 0 Å². The number of amides is 1. The second-order valence-electron chi connectivity index (χ2n) is 6.99. The van der Waals surface area contributed by atoms with Crippen LogP contribution < -0.4 is 10.2 Å². The first-order valence-corrected chi connectivity index (χ1v) is 10.5. The van der Waals surface area contributed by atoms with Crippen molar-refractivity contribution in [2.75, 3.05) is 42.3 Å². The molecule has 2 heterocycles. The van der Waals surface area contributed by atoms with E-state index in [0.29, 0.717) is 32.0 Å². The fourth-order valence-electron chi connectivity index (χ4n) is 3.26. The maximum absolute atomic E-state index is 13.3. The van der Waals surface area contributed by atoms with Gasteiger partial charge in [0.25, 0.3) is 0 Å². The number of aromatic amines is 1. The standard InChI is InChI=1S/C20H17F5N4O2S/c21-12-8-14-15(9-13(12)22)28-19(27-14)32-10-18(30)26-16-7-11(20(23,24)25)1-2-17(16)29-3-5-31-6-4-29/h1-2,7-9H,3-6,10H2,(H,26,30)(H,27,28). The number of nitrogens with zero attached hydrogens (tertiary/aromatic N) is 2. The lowest BCUT2D eigenvalue weighted by atomic mass is 10.1. The Morgan fingerprint density at radius 2 is 1.88 bits per heavy atom. The zero-order valence-corrected chi connectivity index (χ0v) is 17.2. The van der Waals surface area contributed by atoms with Gasteiger partial charge < -0.3 is 19.9 Å². The van der Waals surface area contributed by atoms with Gasteiger partial charge in [-0.25, -0.2) is 13.8 Å². The third kappa shape index (κ3) is 4.96. The Kier molecular flexibility index (Phi) is 6.24. The van der Waals surface area contributed by atoms with Gasteiger partial charge in [-0.3, -0.25) is 4.79 Å². The maximum atomic E-state index is 13.3. The molecule has 2 N–H and O–H groups in total. The molecule has 0 radical (unpaired) electrons. The molecule has 12 heteroatoms. The summed E-state index contributed by atoms with van der Waals surface area (Å²) in [5.74, 6) is -2.81. The van der Waals surface area contributed by atoms with Crippen LogP contribution in [-0.2, 0) is 15.7 Å². The molecule has 1 fully saturated rings. The van der Waals surface area contributed by atoms with Crippen molar-refractivity contribution in [3.63, 3.8) is 0 Å². The van der Waals surface area contributed by atoms with Crippen LogP contribution in [0.1, 0.15) is 5.56 Å². The Balaban J connectivity index is 1.50. The third-order valence-electron chi connectivity index (χ3n) is 4.79. The molecule has 1 aromatic heterocycles. The highest BCUT2D eigenvalue weighted by molar-refractivity contribution is 7.99. The molecule has 6 nitrogen and oxygen atoms in total. The third-order valence-corrected chi connectivity index (χ3v) is 5.67. The highest BCUT2D eigenvalue weighted by Gasteiger charge is 2.32. The van der Waals surface area contributed by atoms with Gasteiger partial charge in [-0.15, -0.1) is 0 Å². The Labute approximate surface area is 183 Å². The normalized spacial score (nSPS) is 14.7. The number of hydrogen-bond acceptors (Lipinski definition) is 5. The highest BCUT2D eigenvalue weighted by Crippen LogP contribution is 2.36. The van der Waals surface area contributed by atoms with Crippen molar-refractivity contribution in [2.45, 2.75) is 11.3 Å². The number of imidazole rings is 1. The van der Waals surface area contributed by atoms with E-state index in [0.717, 1.165) is 36.0 Å². The Morgan fingerprint density at radius 1 is 1.16 bits per heavy atom. The van der Waals surface area contributed by atoms with E-state index in [1.54, 1.807) is 0 Å². The summed E-state index contributed by atoms with van der Waals surface area (Å²) in [5.41, 5.74) is 0.0905. The fourth-order valence-corrected chi connectivity index (χ4v) is 3.95. The van der Waals surface area contributed by atoms with Crippen molar-refractivity contribution in [1.82, 2.24) is 9.97 Å². The van der Waals surface area contributed by atoms with Gasteiger partial charge in [0.05, 0.1) is 46.9 Å². The van der Waals surface area contributed by atoms with Gasteiger partial charge >= 0.3 is 6.18 Å². The Morgan fingerprint density at radius 3 is 2.59 bits per heavy atom. The first kappa shape index (κ1) is 22.3. The van der Waals surface area contributed by atoms with Crippen molar-refractivity contribution < 1.29 is 31.5 Å². The predicted molar refractivity (Wildman–Crippen MR) is 110 cm³/mol. The quantitative estimate of drug-likeness (QED) is 0.425. The van der Waals surface area contributed by atoms with Gasteiger partial charge in [0.15, 0.2) is 16.8 Å². The van der Waals surface area contributed by atoms with Crippen molar-refractivity contribution in [1.29, 1.82) is 0 Å². The summed E-state index contributed by atoms with van der Waals surface area (Å²) in [6, 6.07) is 5.10.